The Kier molecular flexibility index (Phi) is 4.78. The molecular formula is C12H20F3N3. The fourth-order valence-corrected chi connectivity index (χ4v) is 2.23. The highest BCUT2D eigenvalue weighted by atomic mass is 19.4. The van der Waals surface area contributed by atoms with Crippen LogP contribution in [0, 0.1) is 13.8 Å². The summed E-state index contributed by atoms with van der Waals surface area (Å²) in [6, 6.07) is -0.0685. The van der Waals surface area contributed by atoms with Gasteiger partial charge in [-0.05, 0) is 33.7 Å². The second kappa shape index (κ2) is 5.73. The summed E-state index contributed by atoms with van der Waals surface area (Å²) in [6.07, 6.45) is -4.22. The summed E-state index contributed by atoms with van der Waals surface area (Å²) in [7, 11) is 3.61. The zero-order valence-electron chi connectivity index (χ0n) is 11.2. The van der Waals surface area contributed by atoms with Gasteiger partial charge < -0.3 is 5.32 Å². The van der Waals surface area contributed by atoms with Crippen molar-refractivity contribution in [2.24, 2.45) is 7.05 Å². The number of hydrogen-bond donors (Lipinski definition) is 1. The van der Waals surface area contributed by atoms with E-state index in [0.29, 0.717) is 6.42 Å². The lowest BCUT2D eigenvalue weighted by Crippen LogP contribution is -2.19. The Morgan fingerprint density at radius 1 is 1.33 bits per heavy atom. The van der Waals surface area contributed by atoms with Crippen molar-refractivity contribution in [2.75, 3.05) is 7.05 Å². The number of aryl methyl sites for hydroxylation is 2. The third-order valence-corrected chi connectivity index (χ3v) is 3.21. The lowest BCUT2D eigenvalue weighted by molar-refractivity contribution is -0.135. The Labute approximate surface area is 105 Å². The predicted octanol–water partition coefficient (Wildman–Crippen LogP) is 3.03. The van der Waals surface area contributed by atoms with Crippen LogP contribution in [0.5, 0.6) is 0 Å². The Morgan fingerprint density at radius 2 is 1.94 bits per heavy atom. The number of rotatable bonds is 5. The van der Waals surface area contributed by atoms with E-state index in [2.05, 4.69) is 10.4 Å². The Balaban J connectivity index is 2.72. The van der Waals surface area contributed by atoms with Crippen molar-refractivity contribution in [3.05, 3.63) is 17.0 Å². The summed E-state index contributed by atoms with van der Waals surface area (Å²) < 4.78 is 38.2. The highest BCUT2D eigenvalue weighted by molar-refractivity contribution is 5.28. The predicted molar refractivity (Wildman–Crippen MR) is 64.4 cm³/mol. The van der Waals surface area contributed by atoms with Gasteiger partial charge in [0.25, 0.3) is 0 Å². The SMILES string of the molecule is CNC(CCCC(F)(F)F)c1c(C)nn(C)c1C. The Bertz CT molecular complexity index is 396. The van der Waals surface area contributed by atoms with Gasteiger partial charge in [0.1, 0.15) is 0 Å². The van der Waals surface area contributed by atoms with Gasteiger partial charge in [0.15, 0.2) is 0 Å². The normalized spacial score (nSPS) is 13.9. The lowest BCUT2D eigenvalue weighted by atomic mass is 9.99. The van der Waals surface area contributed by atoms with Crippen LogP contribution in [0.25, 0.3) is 0 Å². The minimum absolute atomic E-state index is 0.0685. The molecule has 0 spiro atoms. The molecule has 1 N–H and O–H groups in total. The topological polar surface area (TPSA) is 29.9 Å². The number of nitrogens with zero attached hydrogens (tertiary/aromatic N) is 2. The molecule has 104 valence electrons. The number of halogens is 3. The molecule has 1 aromatic rings. The molecule has 0 amide bonds. The molecule has 18 heavy (non-hydrogen) atoms. The molecule has 1 atom stereocenters. The first-order valence-corrected chi connectivity index (χ1v) is 6.00. The molecule has 0 fully saturated rings. The third-order valence-electron chi connectivity index (χ3n) is 3.21. The van der Waals surface area contributed by atoms with Crippen LogP contribution in [0.3, 0.4) is 0 Å². The van der Waals surface area contributed by atoms with Crippen molar-refractivity contribution in [3.63, 3.8) is 0 Å². The first kappa shape index (κ1) is 15.0. The van der Waals surface area contributed by atoms with Gasteiger partial charge in [-0.1, -0.05) is 0 Å². The van der Waals surface area contributed by atoms with Gasteiger partial charge in [0.05, 0.1) is 5.69 Å². The van der Waals surface area contributed by atoms with Crippen molar-refractivity contribution in [1.29, 1.82) is 0 Å². The highest BCUT2D eigenvalue weighted by Crippen LogP contribution is 2.28. The zero-order valence-corrected chi connectivity index (χ0v) is 11.2. The van der Waals surface area contributed by atoms with Crippen molar-refractivity contribution in [1.82, 2.24) is 15.1 Å². The van der Waals surface area contributed by atoms with Crippen molar-refractivity contribution < 1.29 is 13.2 Å². The second-order valence-electron chi connectivity index (χ2n) is 4.56. The molecule has 0 saturated carbocycles. The van der Waals surface area contributed by atoms with Gasteiger partial charge in [0, 0.05) is 30.8 Å². The van der Waals surface area contributed by atoms with Gasteiger partial charge >= 0.3 is 6.18 Å². The molecule has 1 aromatic heterocycles. The van der Waals surface area contributed by atoms with Crippen LogP contribution in [0.4, 0.5) is 13.2 Å². The van der Waals surface area contributed by atoms with E-state index in [0.717, 1.165) is 17.0 Å². The monoisotopic (exact) mass is 263 g/mol. The average Bonchev–Trinajstić information content (AvgIpc) is 2.48. The molecule has 0 aromatic carbocycles. The largest absolute Gasteiger partial charge is 0.389 e. The average molecular weight is 263 g/mol. The second-order valence-corrected chi connectivity index (χ2v) is 4.56. The van der Waals surface area contributed by atoms with Crippen LogP contribution in [0.15, 0.2) is 0 Å². The maximum absolute atomic E-state index is 12.1. The Morgan fingerprint density at radius 3 is 2.33 bits per heavy atom. The van der Waals surface area contributed by atoms with E-state index in [1.807, 2.05) is 20.9 Å². The molecule has 1 rings (SSSR count). The smallest absolute Gasteiger partial charge is 0.313 e. The minimum Gasteiger partial charge on any atom is -0.313 e. The van der Waals surface area contributed by atoms with E-state index < -0.39 is 12.6 Å². The molecule has 0 aliphatic heterocycles. The van der Waals surface area contributed by atoms with Gasteiger partial charge in [-0.15, -0.1) is 0 Å². The molecular weight excluding hydrogens is 243 g/mol. The molecule has 0 bridgehead atoms. The summed E-state index contributed by atoms with van der Waals surface area (Å²) >= 11 is 0. The molecule has 0 radical (unpaired) electrons. The standard InChI is InChI=1S/C12H20F3N3/c1-8-11(9(2)18(4)17-8)10(16-3)6-5-7-12(13,14)15/h10,16H,5-7H2,1-4H3. The number of alkyl halides is 3. The fourth-order valence-electron chi connectivity index (χ4n) is 2.23. The lowest BCUT2D eigenvalue weighted by Gasteiger charge is -2.17. The number of aromatic nitrogens is 2. The van der Waals surface area contributed by atoms with E-state index in [9.17, 15) is 13.2 Å². The number of hydrogen-bond acceptors (Lipinski definition) is 2. The summed E-state index contributed by atoms with van der Waals surface area (Å²) in [5.41, 5.74) is 2.89. The van der Waals surface area contributed by atoms with E-state index in [4.69, 9.17) is 0 Å². The first-order valence-electron chi connectivity index (χ1n) is 6.00. The van der Waals surface area contributed by atoms with Crippen molar-refractivity contribution in [2.45, 2.75) is 45.3 Å². The minimum atomic E-state index is -4.07. The van der Waals surface area contributed by atoms with Gasteiger partial charge in [-0.3, -0.25) is 4.68 Å². The number of nitrogens with one attached hydrogen (secondary N) is 1. The molecule has 0 aliphatic carbocycles. The van der Waals surface area contributed by atoms with Crippen LogP contribution in [0.1, 0.15) is 42.3 Å². The van der Waals surface area contributed by atoms with Crippen molar-refractivity contribution in [3.8, 4) is 0 Å². The van der Waals surface area contributed by atoms with Crippen molar-refractivity contribution >= 4 is 0 Å². The fraction of sp³-hybridized carbons (Fsp3) is 0.750. The highest BCUT2D eigenvalue weighted by Gasteiger charge is 2.27. The molecule has 0 saturated heterocycles. The van der Waals surface area contributed by atoms with Crippen LogP contribution in [-0.2, 0) is 7.05 Å². The van der Waals surface area contributed by atoms with E-state index in [-0.39, 0.29) is 12.5 Å². The molecule has 1 unspecified atom stereocenters. The zero-order chi connectivity index (χ0) is 13.9. The quantitative estimate of drug-likeness (QED) is 0.885. The maximum Gasteiger partial charge on any atom is 0.389 e. The maximum atomic E-state index is 12.1. The molecule has 3 nitrogen and oxygen atoms in total. The molecule has 0 aliphatic rings. The van der Waals surface area contributed by atoms with E-state index in [1.165, 1.54) is 0 Å². The van der Waals surface area contributed by atoms with E-state index >= 15 is 0 Å². The van der Waals surface area contributed by atoms with E-state index in [1.54, 1.807) is 11.7 Å². The van der Waals surface area contributed by atoms with Crippen LogP contribution in [-0.4, -0.2) is 23.0 Å². The van der Waals surface area contributed by atoms with Gasteiger partial charge in [-0.25, -0.2) is 0 Å². The Hall–Kier alpha value is -1.04. The van der Waals surface area contributed by atoms with Gasteiger partial charge in [-0.2, -0.15) is 18.3 Å². The van der Waals surface area contributed by atoms with Gasteiger partial charge in [0.2, 0.25) is 0 Å². The van der Waals surface area contributed by atoms with Crippen LogP contribution < -0.4 is 5.32 Å². The molecule has 1 heterocycles. The summed E-state index contributed by atoms with van der Waals surface area (Å²) in [5, 5.41) is 7.37. The summed E-state index contributed by atoms with van der Waals surface area (Å²) in [6.45, 7) is 3.82. The first-order chi connectivity index (χ1) is 8.26. The summed E-state index contributed by atoms with van der Waals surface area (Å²) in [5.74, 6) is 0. The molecule has 6 heteroatoms. The van der Waals surface area contributed by atoms with Crippen LogP contribution >= 0.6 is 0 Å². The third kappa shape index (κ3) is 3.73. The van der Waals surface area contributed by atoms with Crippen LogP contribution in [0.2, 0.25) is 0 Å². The summed E-state index contributed by atoms with van der Waals surface area (Å²) in [4.78, 5) is 0.